The maximum Gasteiger partial charge on any atom is 0.407 e. The predicted octanol–water partition coefficient (Wildman–Crippen LogP) is 5.64. The lowest BCUT2D eigenvalue weighted by Crippen LogP contribution is -2.57. The van der Waals surface area contributed by atoms with Gasteiger partial charge in [-0.3, -0.25) is 23.9 Å². The Labute approximate surface area is 386 Å². The Morgan fingerprint density at radius 3 is 2.50 bits per heavy atom. The Kier molecular flexibility index (Phi) is 13.7. The maximum absolute atomic E-state index is 15.1. The number of sulfonamides is 1. The van der Waals surface area contributed by atoms with Crippen LogP contribution in [0.5, 0.6) is 11.5 Å². The summed E-state index contributed by atoms with van der Waals surface area (Å²) in [6.07, 6.45) is 7.85. The number of carbonyl (C=O) groups is 5. The number of carbonyl (C=O) groups excluding carboxylic acids is 5. The number of methoxy groups -OCH3 is 1. The Bertz CT molecular complexity index is 2470. The van der Waals surface area contributed by atoms with Gasteiger partial charge in [-0.25, -0.2) is 18.2 Å². The highest BCUT2D eigenvalue weighted by atomic mass is 32.2. The van der Waals surface area contributed by atoms with Crippen LogP contribution < -0.4 is 24.8 Å². The van der Waals surface area contributed by atoms with E-state index in [0.29, 0.717) is 86.3 Å². The first-order chi connectivity index (χ1) is 31.5. The number of aromatic nitrogens is 1. The molecule has 0 bridgehead atoms. The molecule has 2 aliphatic carbocycles. The molecular formula is C49H62N6O10S. The van der Waals surface area contributed by atoms with E-state index in [1.54, 1.807) is 32.8 Å². The number of benzene rings is 2. The standard InChI is InChI=1S/C49H62N6O10S/c1-48(2,3)65-47(60)50-28-31-21-22-54(29-31)43(56)23-33-15-9-6-5-7-12-16-34-27-49(34,46(59)53-66(61,62)37-18-19-37)52-44(57)41-25-36(30-55(41)45(33)58)64-42-26-39(32-13-10-8-11-14-32)51-40-24-35(63-4)17-20-38(40)42/h8,10-14,16-17,20,24,26,31,33-34,36-37,41H,5-7,9,15,18-19,21-23,25,27-30H2,1-4H3,(H,50,60)(H,52,57)(H,53,59)/b16-12-/t31-,33+,34-,36+,41-,49-/m0/s1. The van der Waals surface area contributed by atoms with Gasteiger partial charge in [-0.2, -0.15) is 0 Å². The van der Waals surface area contributed by atoms with Crippen LogP contribution >= 0.6 is 0 Å². The molecule has 4 heterocycles. The fraction of sp³-hybridized carbons (Fsp3) is 0.551. The average Bonchev–Trinajstić information content (AvgIpc) is 4.16. The molecule has 2 saturated heterocycles. The van der Waals surface area contributed by atoms with Crippen molar-refractivity contribution in [3.63, 3.8) is 0 Å². The number of nitrogens with one attached hydrogen (secondary N) is 3. The number of hydrogen-bond donors (Lipinski definition) is 3. The molecule has 0 unspecified atom stereocenters. The monoisotopic (exact) mass is 926 g/mol. The lowest BCUT2D eigenvalue weighted by Gasteiger charge is -2.30. The highest BCUT2D eigenvalue weighted by molar-refractivity contribution is 7.91. The van der Waals surface area contributed by atoms with Gasteiger partial charge in [0.2, 0.25) is 27.7 Å². The molecule has 16 nitrogen and oxygen atoms in total. The molecule has 4 fully saturated rings. The molecule has 3 N–H and O–H groups in total. The molecule has 1 aromatic heterocycles. The van der Waals surface area contributed by atoms with Gasteiger partial charge in [0.15, 0.2) is 0 Å². The third kappa shape index (κ3) is 10.9. The summed E-state index contributed by atoms with van der Waals surface area (Å²) in [4.78, 5) is 78.4. The van der Waals surface area contributed by atoms with Gasteiger partial charge in [0.1, 0.15) is 34.8 Å². The topological polar surface area (TPSA) is 203 Å². The van der Waals surface area contributed by atoms with Gasteiger partial charge in [-0.15, -0.1) is 0 Å². The van der Waals surface area contributed by atoms with Crippen LogP contribution in [-0.4, -0.2) is 115 Å². The average molecular weight is 927 g/mol. The highest BCUT2D eigenvalue weighted by Crippen LogP contribution is 2.46. The number of likely N-dealkylation sites (tertiary alicyclic amines) is 1. The van der Waals surface area contributed by atoms with E-state index in [2.05, 4.69) is 15.4 Å². The van der Waals surface area contributed by atoms with Crippen LogP contribution in [0.3, 0.4) is 0 Å². The van der Waals surface area contributed by atoms with Crippen molar-refractivity contribution in [3.8, 4) is 22.8 Å². The minimum atomic E-state index is -3.92. The van der Waals surface area contributed by atoms with Gasteiger partial charge in [0.05, 0.1) is 30.1 Å². The fourth-order valence-electron chi connectivity index (χ4n) is 9.42. The molecule has 2 aromatic carbocycles. The fourth-order valence-corrected chi connectivity index (χ4v) is 10.8. The second-order valence-electron chi connectivity index (χ2n) is 19.5. The lowest BCUT2D eigenvalue weighted by atomic mass is 9.94. The molecule has 3 aliphatic heterocycles. The van der Waals surface area contributed by atoms with Gasteiger partial charge in [-0.05, 0) is 83.8 Å². The highest BCUT2D eigenvalue weighted by Gasteiger charge is 2.62. The zero-order valence-corrected chi connectivity index (χ0v) is 39.1. The summed E-state index contributed by atoms with van der Waals surface area (Å²) in [5.74, 6) is -1.99. The molecule has 8 rings (SSSR count). The number of amides is 5. The van der Waals surface area contributed by atoms with Crippen molar-refractivity contribution < 1.29 is 46.6 Å². The second kappa shape index (κ2) is 19.3. The van der Waals surface area contributed by atoms with Crippen molar-refractivity contribution in [2.24, 2.45) is 17.8 Å². The van der Waals surface area contributed by atoms with Crippen molar-refractivity contribution in [3.05, 3.63) is 66.7 Å². The lowest BCUT2D eigenvalue weighted by molar-refractivity contribution is -0.145. The zero-order valence-electron chi connectivity index (χ0n) is 38.3. The van der Waals surface area contributed by atoms with Crippen LogP contribution in [0.25, 0.3) is 22.2 Å². The number of alkyl carbamates (subject to hydrolysis) is 1. The first-order valence-electron chi connectivity index (χ1n) is 23.3. The van der Waals surface area contributed by atoms with Gasteiger partial charge in [-0.1, -0.05) is 55.3 Å². The molecule has 17 heteroatoms. The smallest absolute Gasteiger partial charge is 0.407 e. The Balaban J connectivity index is 1.07. The van der Waals surface area contributed by atoms with E-state index in [-0.39, 0.29) is 43.5 Å². The van der Waals surface area contributed by atoms with Crippen molar-refractivity contribution >= 4 is 50.6 Å². The number of hydrogen-bond acceptors (Lipinski definition) is 11. The molecule has 5 aliphatic rings. The van der Waals surface area contributed by atoms with Crippen molar-refractivity contribution in [2.75, 3.05) is 33.3 Å². The van der Waals surface area contributed by atoms with E-state index in [1.165, 1.54) is 4.90 Å². The summed E-state index contributed by atoms with van der Waals surface area (Å²) >= 11 is 0. The number of pyridine rings is 1. The normalized spacial score (nSPS) is 26.5. The molecule has 0 radical (unpaired) electrons. The van der Waals surface area contributed by atoms with Crippen molar-refractivity contribution in [1.29, 1.82) is 0 Å². The Morgan fingerprint density at radius 2 is 1.76 bits per heavy atom. The van der Waals surface area contributed by atoms with Crippen LogP contribution in [0, 0.1) is 17.8 Å². The van der Waals surface area contributed by atoms with Crippen LogP contribution in [0.1, 0.15) is 91.4 Å². The summed E-state index contributed by atoms with van der Waals surface area (Å²) in [5, 5.41) is 5.82. The molecular weight excluding hydrogens is 865 g/mol. The third-order valence-electron chi connectivity index (χ3n) is 13.3. The van der Waals surface area contributed by atoms with E-state index in [0.717, 1.165) is 18.4 Å². The summed E-state index contributed by atoms with van der Waals surface area (Å²) in [6.45, 7) is 6.65. The quantitative estimate of drug-likeness (QED) is 0.201. The first-order valence-corrected chi connectivity index (χ1v) is 24.9. The van der Waals surface area contributed by atoms with Crippen molar-refractivity contribution in [1.82, 2.24) is 30.1 Å². The maximum atomic E-state index is 15.1. The number of ether oxygens (including phenoxy) is 3. The minimum absolute atomic E-state index is 0.0168. The number of nitrogens with zero attached hydrogens (tertiary/aromatic N) is 3. The van der Waals surface area contributed by atoms with E-state index in [4.69, 9.17) is 19.2 Å². The van der Waals surface area contributed by atoms with Crippen LogP contribution in [0.4, 0.5) is 4.79 Å². The van der Waals surface area contributed by atoms with Gasteiger partial charge >= 0.3 is 6.09 Å². The number of fused-ring (bicyclic) bond motifs is 3. The first kappa shape index (κ1) is 46.8. The SMILES string of the molecule is COc1ccc2c(O[C@@H]3C[C@H]4C(=O)N[C@@]5(C(=O)NS(=O)(=O)C6CC6)C[C@@H]5/C=C\CCCCC[C@H](CC(=O)N5CC[C@@H](CNC(=O)OC(C)(C)C)C5)C(=O)N4C3)cc(-c3ccccc3)nc2c1. The number of allylic oxidation sites excluding steroid dienone is 1. The van der Waals surface area contributed by atoms with Crippen LogP contribution in [0.2, 0.25) is 0 Å². The minimum Gasteiger partial charge on any atom is -0.497 e. The molecule has 2 saturated carbocycles. The zero-order chi connectivity index (χ0) is 46.8. The number of rotatable bonds is 11. The Hall–Kier alpha value is -5.71. The molecule has 5 amide bonds. The largest absolute Gasteiger partial charge is 0.497 e. The van der Waals surface area contributed by atoms with Crippen molar-refractivity contribution in [2.45, 2.75) is 120 Å². The van der Waals surface area contributed by atoms with Crippen LogP contribution in [-0.2, 0) is 33.9 Å². The van der Waals surface area contributed by atoms with E-state index < -0.39 is 68.3 Å². The molecule has 6 atom stereocenters. The van der Waals surface area contributed by atoms with Gasteiger partial charge in [0, 0.05) is 67.4 Å². The summed E-state index contributed by atoms with van der Waals surface area (Å²) in [6, 6.07) is 15.9. The van der Waals surface area contributed by atoms with E-state index in [9.17, 15) is 27.6 Å². The molecule has 354 valence electrons. The summed E-state index contributed by atoms with van der Waals surface area (Å²) in [7, 11) is -2.34. The summed E-state index contributed by atoms with van der Waals surface area (Å²) < 4.78 is 46.0. The van der Waals surface area contributed by atoms with Gasteiger partial charge < -0.3 is 34.6 Å². The van der Waals surface area contributed by atoms with E-state index in [1.807, 2.05) is 66.7 Å². The third-order valence-corrected chi connectivity index (χ3v) is 15.1. The van der Waals surface area contributed by atoms with E-state index >= 15 is 4.79 Å². The van der Waals surface area contributed by atoms with Crippen LogP contribution in [0.15, 0.2) is 66.7 Å². The summed E-state index contributed by atoms with van der Waals surface area (Å²) in [5.41, 5.74) is -0.0255. The molecule has 66 heavy (non-hydrogen) atoms. The van der Waals surface area contributed by atoms with Gasteiger partial charge in [0.25, 0.3) is 5.91 Å². The Morgan fingerprint density at radius 1 is 0.970 bits per heavy atom. The molecule has 0 spiro atoms. The second-order valence-corrected chi connectivity index (χ2v) is 21.5. The predicted molar refractivity (Wildman–Crippen MR) is 247 cm³/mol. The molecule has 3 aromatic rings.